The highest BCUT2D eigenvalue weighted by molar-refractivity contribution is 5.85. The molecular weight excluding hydrogens is 232 g/mol. The van der Waals surface area contributed by atoms with Crippen molar-refractivity contribution in [2.75, 3.05) is 0 Å². The number of ether oxygens (including phenoxy) is 3. The molecule has 2 aliphatic carbocycles. The first kappa shape index (κ1) is 11.2. The van der Waals surface area contributed by atoms with Crippen LogP contribution in [0.15, 0.2) is 0 Å². The number of rotatable bonds is 2. The van der Waals surface area contributed by atoms with Crippen molar-refractivity contribution in [2.45, 2.75) is 81.4 Å². The van der Waals surface area contributed by atoms with E-state index in [2.05, 4.69) is 0 Å². The molecule has 18 heavy (non-hydrogen) atoms. The van der Waals surface area contributed by atoms with Gasteiger partial charge in [-0.25, -0.2) is 4.79 Å². The predicted molar refractivity (Wildman–Crippen MR) is 62.9 cm³/mol. The van der Waals surface area contributed by atoms with Gasteiger partial charge in [0, 0.05) is 6.42 Å². The lowest BCUT2D eigenvalue weighted by atomic mass is 9.80. The van der Waals surface area contributed by atoms with Gasteiger partial charge >= 0.3 is 5.97 Å². The van der Waals surface area contributed by atoms with Crippen LogP contribution in [-0.4, -0.2) is 29.1 Å². The molecule has 4 aliphatic rings. The van der Waals surface area contributed by atoms with Gasteiger partial charge in [-0.05, 0) is 39.0 Å². The van der Waals surface area contributed by atoms with Crippen LogP contribution < -0.4 is 0 Å². The maximum atomic E-state index is 12.4. The molecule has 4 atom stereocenters. The minimum Gasteiger partial charge on any atom is -0.428 e. The third kappa shape index (κ3) is 1.31. The van der Waals surface area contributed by atoms with Gasteiger partial charge < -0.3 is 14.2 Å². The summed E-state index contributed by atoms with van der Waals surface area (Å²) in [6.07, 6.45) is 8.30. The lowest BCUT2D eigenvalue weighted by molar-refractivity contribution is -0.167. The Hall–Kier alpha value is -0.610. The number of fused-ring (bicyclic) bond motifs is 2. The van der Waals surface area contributed by atoms with E-state index < -0.39 is 11.4 Å². The van der Waals surface area contributed by atoms with Crippen LogP contribution in [0.5, 0.6) is 0 Å². The second-order valence-electron chi connectivity index (χ2n) is 6.42. The summed E-state index contributed by atoms with van der Waals surface area (Å²) >= 11 is 0. The van der Waals surface area contributed by atoms with Crippen molar-refractivity contribution in [1.29, 1.82) is 0 Å². The summed E-state index contributed by atoms with van der Waals surface area (Å²) in [5.41, 5.74) is -0.911. The molecule has 4 fully saturated rings. The molecule has 0 aromatic heterocycles. The minimum atomic E-state index is -0.645. The van der Waals surface area contributed by atoms with E-state index >= 15 is 0 Å². The maximum Gasteiger partial charge on any atom is 0.344 e. The summed E-state index contributed by atoms with van der Waals surface area (Å²) in [5, 5.41) is 0. The molecule has 2 saturated heterocycles. The van der Waals surface area contributed by atoms with Gasteiger partial charge in [-0.3, -0.25) is 0 Å². The van der Waals surface area contributed by atoms with Gasteiger partial charge in [0.2, 0.25) is 5.79 Å². The van der Waals surface area contributed by atoms with Crippen LogP contribution in [0.4, 0.5) is 0 Å². The van der Waals surface area contributed by atoms with Crippen LogP contribution in [0, 0.1) is 0 Å². The molecule has 2 aliphatic heterocycles. The molecule has 4 rings (SSSR count). The lowest BCUT2D eigenvalue weighted by Crippen LogP contribution is -2.40. The second-order valence-corrected chi connectivity index (χ2v) is 6.42. The molecule has 0 aromatic carbocycles. The summed E-state index contributed by atoms with van der Waals surface area (Å²) in [4.78, 5) is 12.4. The van der Waals surface area contributed by atoms with Crippen molar-refractivity contribution in [3.63, 3.8) is 0 Å². The summed E-state index contributed by atoms with van der Waals surface area (Å²) in [7, 11) is 0. The highest BCUT2D eigenvalue weighted by Crippen LogP contribution is 2.59. The van der Waals surface area contributed by atoms with Gasteiger partial charge in [-0.15, -0.1) is 0 Å². The zero-order valence-electron chi connectivity index (χ0n) is 10.9. The molecule has 0 N–H and O–H groups in total. The molecular formula is C14H20O4. The molecule has 0 aromatic rings. The van der Waals surface area contributed by atoms with Crippen molar-refractivity contribution in [3.8, 4) is 0 Å². The largest absolute Gasteiger partial charge is 0.428 e. The van der Waals surface area contributed by atoms with Crippen LogP contribution >= 0.6 is 0 Å². The molecule has 0 bridgehead atoms. The molecule has 4 nitrogen and oxygen atoms in total. The van der Waals surface area contributed by atoms with Crippen molar-refractivity contribution in [3.05, 3.63) is 0 Å². The average Bonchev–Trinajstić information content (AvgIpc) is 3.19. The van der Waals surface area contributed by atoms with Crippen LogP contribution in [0.3, 0.4) is 0 Å². The van der Waals surface area contributed by atoms with Crippen LogP contribution in [-0.2, 0) is 19.0 Å². The first-order valence-electron chi connectivity index (χ1n) is 7.22. The first-order valence-corrected chi connectivity index (χ1v) is 7.22. The molecule has 0 spiro atoms. The molecule has 0 radical (unpaired) electrons. The van der Waals surface area contributed by atoms with E-state index in [0.717, 1.165) is 44.9 Å². The fraction of sp³-hybridized carbons (Fsp3) is 0.929. The zero-order valence-corrected chi connectivity index (χ0v) is 10.9. The fourth-order valence-corrected chi connectivity index (χ4v) is 3.91. The average molecular weight is 252 g/mol. The molecule has 4 heteroatoms. The Balaban J connectivity index is 1.48. The number of esters is 1. The molecule has 4 unspecified atom stereocenters. The molecule has 0 amide bonds. The summed E-state index contributed by atoms with van der Waals surface area (Å²) in [5.74, 6) is -0.747. The van der Waals surface area contributed by atoms with Gasteiger partial charge in [-0.2, -0.15) is 0 Å². The third-order valence-corrected chi connectivity index (χ3v) is 5.26. The standard InChI is InChI=1S/C14H20O4/c1-12-7-4-5-8-13(12,18-12)11(15)17-14-9-3-2-6-10(14)16-14/h10H,2-9H2,1H3. The number of carbonyl (C=O) groups is 1. The summed E-state index contributed by atoms with van der Waals surface area (Å²) in [6, 6.07) is 0. The highest BCUT2D eigenvalue weighted by atomic mass is 16.8. The Morgan fingerprint density at radius 1 is 1.17 bits per heavy atom. The zero-order chi connectivity index (χ0) is 12.4. The minimum absolute atomic E-state index is 0.153. The van der Waals surface area contributed by atoms with Gasteiger partial charge in [0.1, 0.15) is 11.7 Å². The second kappa shape index (κ2) is 3.28. The fourth-order valence-electron chi connectivity index (χ4n) is 3.91. The van der Waals surface area contributed by atoms with Crippen LogP contribution in [0.25, 0.3) is 0 Å². The quantitative estimate of drug-likeness (QED) is 0.559. The SMILES string of the molecule is CC12CCCCC1(C(=O)OC13CCCCC1O3)O2. The summed E-state index contributed by atoms with van der Waals surface area (Å²) in [6.45, 7) is 2.04. The maximum absolute atomic E-state index is 12.4. The number of hydrogen-bond donors (Lipinski definition) is 0. The van der Waals surface area contributed by atoms with E-state index in [9.17, 15) is 4.79 Å². The third-order valence-electron chi connectivity index (χ3n) is 5.26. The van der Waals surface area contributed by atoms with Crippen molar-refractivity contribution in [2.24, 2.45) is 0 Å². The smallest absolute Gasteiger partial charge is 0.344 e. The molecule has 100 valence electrons. The van der Waals surface area contributed by atoms with Crippen LogP contribution in [0.2, 0.25) is 0 Å². The number of hydrogen-bond acceptors (Lipinski definition) is 4. The summed E-state index contributed by atoms with van der Waals surface area (Å²) < 4.78 is 17.1. The van der Waals surface area contributed by atoms with E-state index in [1.807, 2.05) is 6.92 Å². The molecule has 2 saturated carbocycles. The Morgan fingerprint density at radius 2 is 1.94 bits per heavy atom. The highest BCUT2D eigenvalue weighted by Gasteiger charge is 2.75. The van der Waals surface area contributed by atoms with E-state index in [-0.39, 0.29) is 17.7 Å². The Bertz CT molecular complexity index is 405. The van der Waals surface area contributed by atoms with E-state index in [1.165, 1.54) is 6.42 Å². The normalized spacial score (nSPS) is 53.1. The molecule has 2 heterocycles. The topological polar surface area (TPSA) is 51.4 Å². The van der Waals surface area contributed by atoms with Gasteiger partial charge in [0.25, 0.3) is 0 Å². The van der Waals surface area contributed by atoms with Crippen LogP contribution in [0.1, 0.15) is 58.3 Å². The van der Waals surface area contributed by atoms with Gasteiger partial charge in [0.05, 0.1) is 0 Å². The Labute approximate surface area is 107 Å². The first-order chi connectivity index (χ1) is 8.60. The van der Waals surface area contributed by atoms with Crippen molar-refractivity contribution in [1.82, 2.24) is 0 Å². The van der Waals surface area contributed by atoms with Crippen molar-refractivity contribution >= 4 is 5.97 Å². The monoisotopic (exact) mass is 252 g/mol. The van der Waals surface area contributed by atoms with E-state index in [1.54, 1.807) is 0 Å². The Morgan fingerprint density at radius 3 is 2.72 bits per heavy atom. The van der Waals surface area contributed by atoms with Crippen molar-refractivity contribution < 1.29 is 19.0 Å². The van der Waals surface area contributed by atoms with E-state index in [0.29, 0.717) is 0 Å². The van der Waals surface area contributed by atoms with Gasteiger partial charge in [-0.1, -0.05) is 12.8 Å². The predicted octanol–water partition coefficient (Wildman–Crippen LogP) is 2.30. The van der Waals surface area contributed by atoms with Gasteiger partial charge in [0.15, 0.2) is 5.60 Å². The number of epoxide rings is 2. The lowest BCUT2D eigenvalue weighted by Gasteiger charge is -2.24. The number of carbonyl (C=O) groups excluding carboxylic acids is 1. The van der Waals surface area contributed by atoms with E-state index in [4.69, 9.17) is 14.2 Å². The Kier molecular flexibility index (Phi) is 2.05.